The molecule has 1 saturated carbocycles. The molecule has 7 heteroatoms. The molecule has 1 amide bonds. The van der Waals surface area contributed by atoms with E-state index in [4.69, 9.17) is 4.74 Å². The molecule has 2 N–H and O–H groups in total. The average Bonchev–Trinajstić information content (AvgIpc) is 2.79. The summed E-state index contributed by atoms with van der Waals surface area (Å²) in [6.45, 7) is 8.42. The van der Waals surface area contributed by atoms with Crippen molar-refractivity contribution in [1.82, 2.24) is 4.72 Å². The van der Waals surface area contributed by atoms with Crippen LogP contribution in [-0.2, 0) is 14.8 Å². The Morgan fingerprint density at radius 1 is 1.03 bits per heavy atom. The maximum atomic E-state index is 12.9. The molecular formula is C27H38N2O4S. The highest BCUT2D eigenvalue weighted by Crippen LogP contribution is 2.27. The van der Waals surface area contributed by atoms with Crippen LogP contribution >= 0.6 is 0 Å². The van der Waals surface area contributed by atoms with Gasteiger partial charge in [-0.15, -0.1) is 0 Å². The van der Waals surface area contributed by atoms with E-state index in [9.17, 15) is 13.2 Å². The van der Waals surface area contributed by atoms with E-state index < -0.39 is 15.4 Å². The van der Waals surface area contributed by atoms with E-state index >= 15 is 0 Å². The summed E-state index contributed by atoms with van der Waals surface area (Å²) in [4.78, 5) is 13.1. The first-order chi connectivity index (χ1) is 16.1. The van der Waals surface area contributed by atoms with Gasteiger partial charge in [0.25, 0.3) is 0 Å². The first kappa shape index (κ1) is 26.2. The first-order valence-electron chi connectivity index (χ1n) is 12.2. The number of carbonyl (C=O) groups excluding carboxylic acids is 1. The Kier molecular flexibility index (Phi) is 8.77. The molecule has 0 aromatic heterocycles. The Bertz CT molecular complexity index is 1070. The lowest BCUT2D eigenvalue weighted by molar-refractivity contribution is -0.124. The minimum absolute atomic E-state index is 0.0118. The lowest BCUT2D eigenvalue weighted by Crippen LogP contribution is -2.36. The number of benzene rings is 2. The maximum Gasteiger partial charge on any atom is 0.240 e. The van der Waals surface area contributed by atoms with E-state index in [0.717, 1.165) is 49.0 Å². The fourth-order valence-corrected chi connectivity index (χ4v) is 5.50. The fraction of sp³-hybridized carbons (Fsp3) is 0.519. The number of sulfonamides is 1. The van der Waals surface area contributed by atoms with Gasteiger partial charge in [-0.05, 0) is 81.0 Å². The van der Waals surface area contributed by atoms with Crippen LogP contribution in [0.15, 0.2) is 47.4 Å². The Balaban J connectivity index is 1.50. The number of ether oxygens (including phenoxy) is 1. The van der Waals surface area contributed by atoms with Gasteiger partial charge in [0.15, 0.2) is 0 Å². The number of amides is 1. The van der Waals surface area contributed by atoms with E-state index in [1.54, 1.807) is 24.3 Å². The number of nitrogens with one attached hydrogen (secondary N) is 2. The normalized spacial score (nSPS) is 15.2. The summed E-state index contributed by atoms with van der Waals surface area (Å²) >= 11 is 0. The molecule has 0 aliphatic heterocycles. The second-order valence-electron chi connectivity index (χ2n) is 10.0. The molecule has 2 aromatic rings. The van der Waals surface area contributed by atoms with Gasteiger partial charge in [-0.3, -0.25) is 4.79 Å². The molecule has 1 aliphatic rings. The van der Waals surface area contributed by atoms with Crippen LogP contribution in [0.5, 0.6) is 5.75 Å². The van der Waals surface area contributed by atoms with Crippen molar-refractivity contribution in [2.75, 3.05) is 11.9 Å². The number of rotatable bonds is 10. The van der Waals surface area contributed by atoms with Crippen molar-refractivity contribution < 1.29 is 17.9 Å². The van der Waals surface area contributed by atoms with Crippen LogP contribution in [-0.4, -0.2) is 27.0 Å². The quantitative estimate of drug-likeness (QED) is 0.420. The second kappa shape index (κ2) is 11.4. The summed E-state index contributed by atoms with van der Waals surface area (Å²) in [5, 5.41) is 2.92. The highest BCUT2D eigenvalue weighted by molar-refractivity contribution is 7.89. The van der Waals surface area contributed by atoms with E-state index in [1.165, 1.54) is 6.42 Å². The van der Waals surface area contributed by atoms with Crippen molar-refractivity contribution in [3.8, 4) is 5.75 Å². The number of anilines is 1. The Hall–Kier alpha value is -2.38. The zero-order chi connectivity index (χ0) is 24.8. The van der Waals surface area contributed by atoms with Gasteiger partial charge in [0.1, 0.15) is 5.75 Å². The number of hydrogen-bond acceptors (Lipinski definition) is 4. The topological polar surface area (TPSA) is 84.5 Å². The van der Waals surface area contributed by atoms with Gasteiger partial charge in [0.05, 0.1) is 11.5 Å². The molecule has 0 saturated heterocycles. The van der Waals surface area contributed by atoms with E-state index in [1.807, 2.05) is 39.8 Å². The molecule has 0 spiro atoms. The predicted molar refractivity (Wildman–Crippen MR) is 137 cm³/mol. The zero-order valence-electron chi connectivity index (χ0n) is 20.8. The summed E-state index contributed by atoms with van der Waals surface area (Å²) in [6, 6.07) is 12.5. The Morgan fingerprint density at radius 3 is 2.38 bits per heavy atom. The molecule has 34 heavy (non-hydrogen) atoms. The number of hydrogen-bond donors (Lipinski definition) is 2. The van der Waals surface area contributed by atoms with Crippen molar-refractivity contribution in [3.63, 3.8) is 0 Å². The van der Waals surface area contributed by atoms with Crippen LogP contribution in [0.1, 0.15) is 69.9 Å². The van der Waals surface area contributed by atoms with Crippen LogP contribution in [0.4, 0.5) is 5.69 Å². The highest BCUT2D eigenvalue weighted by Gasteiger charge is 2.27. The molecule has 6 nitrogen and oxygen atoms in total. The molecule has 0 heterocycles. The van der Waals surface area contributed by atoms with Gasteiger partial charge in [0, 0.05) is 17.1 Å². The largest absolute Gasteiger partial charge is 0.493 e. The van der Waals surface area contributed by atoms with Gasteiger partial charge in [-0.1, -0.05) is 45.2 Å². The van der Waals surface area contributed by atoms with Gasteiger partial charge >= 0.3 is 0 Å². The SMILES string of the molecule is Cc1ccc(C)c(OCCCC(C)(C)C(=O)Nc2ccc(S(=O)(=O)NC3CCCCC3)cc2)c1. The molecule has 186 valence electrons. The van der Waals surface area contributed by atoms with Crippen molar-refractivity contribution >= 4 is 21.6 Å². The molecule has 0 bridgehead atoms. The summed E-state index contributed by atoms with van der Waals surface area (Å²) in [7, 11) is -3.55. The standard InChI is InChI=1S/C27H38N2O4S/c1-20-11-12-21(2)25(19-20)33-18-8-17-27(3,4)26(30)28-22-13-15-24(16-14-22)34(31,32)29-23-9-6-5-7-10-23/h11-16,19,23,29H,5-10,17-18H2,1-4H3,(H,28,30). The first-order valence-corrected chi connectivity index (χ1v) is 13.7. The predicted octanol–water partition coefficient (Wildman–Crippen LogP) is 5.74. The van der Waals surface area contributed by atoms with Crippen LogP contribution in [0.2, 0.25) is 0 Å². The minimum Gasteiger partial charge on any atom is -0.493 e. The Morgan fingerprint density at radius 2 is 1.71 bits per heavy atom. The molecule has 2 aromatic carbocycles. The summed E-state index contributed by atoms with van der Waals surface area (Å²) < 4.78 is 34.1. The van der Waals surface area contributed by atoms with E-state index in [-0.39, 0.29) is 16.8 Å². The highest BCUT2D eigenvalue weighted by atomic mass is 32.2. The van der Waals surface area contributed by atoms with Gasteiger partial charge in [-0.25, -0.2) is 13.1 Å². The van der Waals surface area contributed by atoms with Gasteiger partial charge in [0.2, 0.25) is 15.9 Å². The molecule has 3 rings (SSSR count). The second-order valence-corrected chi connectivity index (χ2v) is 11.8. The van der Waals surface area contributed by atoms with Crippen molar-refractivity contribution in [2.45, 2.75) is 83.6 Å². The summed E-state index contributed by atoms with van der Waals surface area (Å²) in [5.41, 5.74) is 2.25. The fourth-order valence-electron chi connectivity index (χ4n) is 4.20. The van der Waals surface area contributed by atoms with Crippen LogP contribution in [0.3, 0.4) is 0 Å². The number of aryl methyl sites for hydroxylation is 2. The minimum atomic E-state index is -3.55. The van der Waals surface area contributed by atoms with Crippen LogP contribution < -0.4 is 14.8 Å². The lowest BCUT2D eigenvalue weighted by atomic mass is 9.87. The van der Waals surface area contributed by atoms with E-state index in [2.05, 4.69) is 16.1 Å². The monoisotopic (exact) mass is 486 g/mol. The maximum absolute atomic E-state index is 12.9. The molecule has 1 fully saturated rings. The lowest BCUT2D eigenvalue weighted by Gasteiger charge is -2.24. The van der Waals surface area contributed by atoms with E-state index in [0.29, 0.717) is 18.7 Å². The third-order valence-electron chi connectivity index (χ3n) is 6.51. The summed E-state index contributed by atoms with van der Waals surface area (Å²) in [6.07, 6.45) is 6.48. The van der Waals surface area contributed by atoms with Gasteiger partial charge in [-0.2, -0.15) is 0 Å². The molecule has 0 atom stereocenters. The molecule has 0 unspecified atom stereocenters. The van der Waals surface area contributed by atoms with Gasteiger partial charge < -0.3 is 10.1 Å². The number of carbonyl (C=O) groups is 1. The van der Waals surface area contributed by atoms with Crippen LogP contribution in [0.25, 0.3) is 0 Å². The Labute approximate surface area is 204 Å². The molecular weight excluding hydrogens is 448 g/mol. The smallest absolute Gasteiger partial charge is 0.240 e. The molecule has 0 radical (unpaired) electrons. The zero-order valence-corrected chi connectivity index (χ0v) is 21.6. The van der Waals surface area contributed by atoms with Crippen molar-refractivity contribution in [3.05, 3.63) is 53.6 Å². The molecule has 1 aliphatic carbocycles. The third kappa shape index (κ3) is 7.31. The average molecular weight is 487 g/mol. The summed E-state index contributed by atoms with van der Waals surface area (Å²) in [5.74, 6) is 0.783. The van der Waals surface area contributed by atoms with Crippen LogP contribution in [0, 0.1) is 19.3 Å². The van der Waals surface area contributed by atoms with Crippen molar-refractivity contribution in [2.24, 2.45) is 5.41 Å². The third-order valence-corrected chi connectivity index (χ3v) is 8.05. The van der Waals surface area contributed by atoms with Crippen molar-refractivity contribution in [1.29, 1.82) is 0 Å².